The highest BCUT2D eigenvalue weighted by molar-refractivity contribution is 5.66. The molecule has 1 unspecified atom stereocenters. The Bertz CT molecular complexity index is 378. The van der Waals surface area contributed by atoms with Crippen LogP contribution in [-0.2, 0) is 11.2 Å². The predicted octanol–water partition coefficient (Wildman–Crippen LogP) is 2.41. The summed E-state index contributed by atoms with van der Waals surface area (Å²) in [4.78, 5) is 12.7. The van der Waals surface area contributed by atoms with Crippen molar-refractivity contribution in [1.29, 1.82) is 0 Å². The number of hydrogen-bond donors (Lipinski definition) is 1. The minimum atomic E-state index is -0.755. The van der Waals surface area contributed by atoms with Gasteiger partial charge in [-0.1, -0.05) is 19.1 Å². The van der Waals surface area contributed by atoms with Crippen LogP contribution in [0.2, 0.25) is 0 Å². The third-order valence-corrected chi connectivity index (χ3v) is 2.84. The molecule has 0 aromatic heterocycles. The van der Waals surface area contributed by atoms with Gasteiger partial charge in [-0.25, -0.2) is 4.39 Å². The van der Waals surface area contributed by atoms with Gasteiger partial charge in [0.05, 0.1) is 0 Å². The Kier molecular flexibility index (Phi) is 5.78. The number of likely N-dealkylation sites (N-methyl/N-ethyl adjacent to an activating group) is 1. The molecular weight excluding hydrogens is 233 g/mol. The molecule has 0 aliphatic rings. The van der Waals surface area contributed by atoms with Gasteiger partial charge in [-0.05, 0) is 37.1 Å². The average Bonchev–Trinajstić information content (AvgIpc) is 2.27. The topological polar surface area (TPSA) is 40.5 Å². The Labute approximate surface area is 107 Å². The first-order valence-electron chi connectivity index (χ1n) is 6.12. The number of hydrogen-bond acceptors (Lipinski definition) is 2. The number of carboxylic acids is 1. The van der Waals surface area contributed by atoms with Gasteiger partial charge >= 0.3 is 5.97 Å². The van der Waals surface area contributed by atoms with Gasteiger partial charge in [0.1, 0.15) is 5.82 Å². The van der Waals surface area contributed by atoms with E-state index < -0.39 is 5.97 Å². The first kappa shape index (κ1) is 14.6. The molecule has 0 amide bonds. The fourth-order valence-corrected chi connectivity index (χ4v) is 1.96. The summed E-state index contributed by atoms with van der Waals surface area (Å²) in [6, 6.07) is 6.48. The molecule has 18 heavy (non-hydrogen) atoms. The van der Waals surface area contributed by atoms with Crippen LogP contribution in [0.1, 0.15) is 18.9 Å². The number of carboxylic acid groups (broad SMARTS) is 1. The summed E-state index contributed by atoms with van der Waals surface area (Å²) >= 11 is 0. The van der Waals surface area contributed by atoms with Crippen LogP contribution in [0.15, 0.2) is 24.3 Å². The molecule has 0 saturated carbocycles. The molecule has 0 radical (unpaired) electrons. The van der Waals surface area contributed by atoms with Crippen molar-refractivity contribution < 1.29 is 14.3 Å². The van der Waals surface area contributed by atoms with Gasteiger partial charge in [-0.15, -0.1) is 0 Å². The molecule has 0 aliphatic carbocycles. The summed E-state index contributed by atoms with van der Waals surface area (Å²) in [5.74, 6) is -0.836. The van der Waals surface area contributed by atoms with E-state index in [1.165, 1.54) is 12.1 Å². The highest BCUT2D eigenvalue weighted by Gasteiger charge is 2.10. The SMILES string of the molecule is CC(CC(=O)O)CN(C)CCc1ccc(F)cc1. The quantitative estimate of drug-likeness (QED) is 0.811. The van der Waals surface area contributed by atoms with Gasteiger partial charge in [0.2, 0.25) is 0 Å². The van der Waals surface area contributed by atoms with Gasteiger partial charge < -0.3 is 10.0 Å². The van der Waals surface area contributed by atoms with Crippen LogP contribution in [0.3, 0.4) is 0 Å². The number of carbonyl (C=O) groups is 1. The summed E-state index contributed by atoms with van der Waals surface area (Å²) in [5, 5.41) is 8.68. The van der Waals surface area contributed by atoms with Crippen LogP contribution < -0.4 is 0 Å². The normalized spacial score (nSPS) is 12.7. The molecule has 0 fully saturated rings. The highest BCUT2D eigenvalue weighted by atomic mass is 19.1. The Hall–Kier alpha value is -1.42. The lowest BCUT2D eigenvalue weighted by atomic mass is 10.1. The van der Waals surface area contributed by atoms with Crippen molar-refractivity contribution >= 4 is 5.97 Å². The first-order chi connectivity index (χ1) is 8.47. The molecule has 1 rings (SSSR count). The van der Waals surface area contributed by atoms with E-state index in [-0.39, 0.29) is 18.2 Å². The Morgan fingerprint density at radius 2 is 2.00 bits per heavy atom. The zero-order valence-electron chi connectivity index (χ0n) is 10.9. The van der Waals surface area contributed by atoms with E-state index in [1.807, 2.05) is 14.0 Å². The van der Waals surface area contributed by atoms with Gasteiger partial charge in [0.25, 0.3) is 0 Å². The summed E-state index contributed by atoms with van der Waals surface area (Å²) < 4.78 is 12.7. The van der Waals surface area contributed by atoms with Gasteiger partial charge in [-0.3, -0.25) is 4.79 Å². The summed E-state index contributed by atoms with van der Waals surface area (Å²) in [6.07, 6.45) is 1.04. The summed E-state index contributed by atoms with van der Waals surface area (Å²) in [6.45, 7) is 3.53. The number of rotatable bonds is 7. The number of halogens is 1. The van der Waals surface area contributed by atoms with Crippen molar-refractivity contribution in [2.24, 2.45) is 5.92 Å². The highest BCUT2D eigenvalue weighted by Crippen LogP contribution is 2.07. The molecule has 0 bridgehead atoms. The van der Waals surface area contributed by atoms with Crippen molar-refractivity contribution in [2.75, 3.05) is 20.1 Å². The van der Waals surface area contributed by atoms with Crippen molar-refractivity contribution in [3.05, 3.63) is 35.6 Å². The van der Waals surface area contributed by atoms with E-state index in [2.05, 4.69) is 4.90 Å². The maximum atomic E-state index is 12.7. The van der Waals surface area contributed by atoms with E-state index >= 15 is 0 Å². The zero-order valence-corrected chi connectivity index (χ0v) is 10.9. The lowest BCUT2D eigenvalue weighted by Crippen LogP contribution is -2.27. The van der Waals surface area contributed by atoms with E-state index in [9.17, 15) is 9.18 Å². The Morgan fingerprint density at radius 1 is 1.39 bits per heavy atom. The van der Waals surface area contributed by atoms with Crippen molar-refractivity contribution in [3.63, 3.8) is 0 Å². The zero-order chi connectivity index (χ0) is 13.5. The second-order valence-electron chi connectivity index (χ2n) is 4.84. The van der Waals surface area contributed by atoms with Crippen LogP contribution in [0, 0.1) is 11.7 Å². The van der Waals surface area contributed by atoms with Crippen molar-refractivity contribution in [3.8, 4) is 0 Å². The maximum absolute atomic E-state index is 12.7. The lowest BCUT2D eigenvalue weighted by molar-refractivity contribution is -0.138. The minimum absolute atomic E-state index is 0.140. The first-order valence-corrected chi connectivity index (χ1v) is 6.12. The van der Waals surface area contributed by atoms with Crippen LogP contribution in [0.4, 0.5) is 4.39 Å². The Balaban J connectivity index is 2.30. The molecule has 1 aromatic carbocycles. The lowest BCUT2D eigenvalue weighted by Gasteiger charge is -2.20. The fourth-order valence-electron chi connectivity index (χ4n) is 1.96. The van der Waals surface area contributed by atoms with Crippen LogP contribution >= 0.6 is 0 Å². The average molecular weight is 253 g/mol. The number of aliphatic carboxylic acids is 1. The van der Waals surface area contributed by atoms with Gasteiger partial charge in [0, 0.05) is 19.5 Å². The Morgan fingerprint density at radius 3 is 2.56 bits per heavy atom. The second-order valence-corrected chi connectivity index (χ2v) is 4.84. The molecule has 3 nitrogen and oxygen atoms in total. The van der Waals surface area contributed by atoms with E-state index in [4.69, 9.17) is 5.11 Å². The number of nitrogens with zero attached hydrogens (tertiary/aromatic N) is 1. The van der Waals surface area contributed by atoms with Gasteiger partial charge in [-0.2, -0.15) is 0 Å². The van der Waals surface area contributed by atoms with Crippen molar-refractivity contribution in [1.82, 2.24) is 4.90 Å². The summed E-state index contributed by atoms with van der Waals surface area (Å²) in [7, 11) is 1.97. The molecule has 0 saturated heterocycles. The second kappa shape index (κ2) is 7.11. The van der Waals surface area contributed by atoms with Crippen LogP contribution in [-0.4, -0.2) is 36.1 Å². The van der Waals surface area contributed by atoms with Gasteiger partial charge in [0.15, 0.2) is 0 Å². The molecule has 0 heterocycles. The molecular formula is C14H20FNO2. The van der Waals surface area contributed by atoms with E-state index in [0.717, 1.165) is 25.1 Å². The predicted molar refractivity (Wildman–Crippen MR) is 69.0 cm³/mol. The standard InChI is InChI=1S/C14H20FNO2/c1-11(9-14(17)18)10-16(2)8-7-12-3-5-13(15)6-4-12/h3-6,11H,7-10H2,1-2H3,(H,17,18). The molecule has 0 aliphatic heterocycles. The molecule has 100 valence electrons. The van der Waals surface area contributed by atoms with Crippen molar-refractivity contribution in [2.45, 2.75) is 19.8 Å². The molecule has 4 heteroatoms. The molecule has 1 aromatic rings. The van der Waals surface area contributed by atoms with E-state index in [0.29, 0.717) is 0 Å². The van der Waals surface area contributed by atoms with E-state index in [1.54, 1.807) is 12.1 Å². The van der Waals surface area contributed by atoms with Crippen LogP contribution in [0.5, 0.6) is 0 Å². The third kappa shape index (κ3) is 5.77. The fraction of sp³-hybridized carbons (Fsp3) is 0.500. The summed E-state index contributed by atoms with van der Waals surface area (Å²) in [5.41, 5.74) is 1.09. The van der Waals surface area contributed by atoms with Crippen LogP contribution in [0.25, 0.3) is 0 Å². The minimum Gasteiger partial charge on any atom is -0.481 e. The molecule has 1 N–H and O–H groups in total. The smallest absolute Gasteiger partial charge is 0.303 e. The molecule has 1 atom stereocenters. The third-order valence-electron chi connectivity index (χ3n) is 2.84. The monoisotopic (exact) mass is 253 g/mol. The molecule has 0 spiro atoms. The maximum Gasteiger partial charge on any atom is 0.303 e. The number of benzene rings is 1. The largest absolute Gasteiger partial charge is 0.481 e.